The maximum atomic E-state index is 12.1. The first-order chi connectivity index (χ1) is 12.3. The Kier molecular flexibility index (Phi) is 5.87. The Morgan fingerprint density at radius 1 is 0.960 bits per heavy atom. The van der Waals surface area contributed by atoms with Gasteiger partial charge in [0.25, 0.3) is 11.8 Å². The van der Waals surface area contributed by atoms with E-state index in [1.807, 2.05) is 36.4 Å². The number of rotatable bonds is 9. The van der Waals surface area contributed by atoms with E-state index in [4.69, 9.17) is 9.15 Å². The summed E-state index contributed by atoms with van der Waals surface area (Å²) < 4.78 is 11.0. The molecular formula is C19H19N3O3. The fourth-order valence-electron chi connectivity index (χ4n) is 2.31. The molecule has 0 aliphatic carbocycles. The molecule has 1 aromatic carbocycles. The second-order valence-corrected chi connectivity index (χ2v) is 5.52. The van der Waals surface area contributed by atoms with E-state index in [-0.39, 0.29) is 17.6 Å². The number of ketones is 1. The monoisotopic (exact) mass is 337 g/mol. The van der Waals surface area contributed by atoms with Crippen LogP contribution in [0.1, 0.15) is 36.4 Å². The van der Waals surface area contributed by atoms with Gasteiger partial charge >= 0.3 is 0 Å². The van der Waals surface area contributed by atoms with Crippen molar-refractivity contribution in [1.82, 2.24) is 15.2 Å². The molecule has 0 unspecified atom stereocenters. The van der Waals surface area contributed by atoms with Crippen molar-refractivity contribution in [3.8, 4) is 17.3 Å². The number of hydrogen-bond donors (Lipinski definition) is 0. The van der Waals surface area contributed by atoms with Crippen LogP contribution in [0.25, 0.3) is 11.6 Å². The molecule has 3 rings (SSSR count). The van der Waals surface area contributed by atoms with Crippen LogP contribution in [-0.4, -0.2) is 27.6 Å². The molecule has 6 nitrogen and oxygen atoms in total. The molecule has 0 saturated carbocycles. The normalized spacial score (nSPS) is 10.6. The van der Waals surface area contributed by atoms with Crippen LogP contribution in [0.4, 0.5) is 0 Å². The fourth-order valence-corrected chi connectivity index (χ4v) is 2.31. The topological polar surface area (TPSA) is 78.1 Å². The van der Waals surface area contributed by atoms with Gasteiger partial charge in [-0.15, -0.1) is 10.2 Å². The number of pyridine rings is 1. The van der Waals surface area contributed by atoms with E-state index in [1.54, 1.807) is 18.3 Å². The van der Waals surface area contributed by atoms with Gasteiger partial charge in [-0.3, -0.25) is 9.78 Å². The smallest absolute Gasteiger partial charge is 0.284 e. The molecule has 0 atom stereocenters. The van der Waals surface area contributed by atoms with E-state index in [1.165, 1.54) is 0 Å². The highest BCUT2D eigenvalue weighted by Gasteiger charge is 2.15. The van der Waals surface area contributed by atoms with Crippen molar-refractivity contribution in [1.29, 1.82) is 0 Å². The van der Waals surface area contributed by atoms with Crippen LogP contribution in [0.5, 0.6) is 5.75 Å². The highest BCUT2D eigenvalue weighted by molar-refractivity contribution is 5.91. The van der Waals surface area contributed by atoms with E-state index in [9.17, 15) is 4.79 Å². The van der Waals surface area contributed by atoms with Crippen LogP contribution in [0.2, 0.25) is 0 Å². The summed E-state index contributed by atoms with van der Waals surface area (Å²) in [6.07, 6.45) is 4.58. The van der Waals surface area contributed by atoms with Crippen LogP contribution >= 0.6 is 0 Å². The maximum absolute atomic E-state index is 12.1. The van der Waals surface area contributed by atoms with Crippen LogP contribution in [0, 0.1) is 0 Å². The zero-order valence-corrected chi connectivity index (χ0v) is 13.8. The molecule has 0 radical (unpaired) electrons. The standard InChI is InChI=1S/C19H19N3O3/c23-17(12-5-2-8-14-24-15-9-3-1-4-10-15)19-22-21-18(25-19)16-11-6-7-13-20-16/h1,3-4,6-7,9-11,13H,2,5,8,12,14H2. The molecule has 0 spiro atoms. The number of carbonyl (C=O) groups excluding carboxylic acids is 1. The van der Waals surface area contributed by atoms with Crippen molar-refractivity contribution >= 4 is 5.78 Å². The first-order valence-corrected chi connectivity index (χ1v) is 8.29. The number of aromatic nitrogens is 3. The number of hydrogen-bond acceptors (Lipinski definition) is 6. The number of ether oxygens (including phenoxy) is 1. The molecule has 2 heterocycles. The van der Waals surface area contributed by atoms with E-state index in [0.717, 1.165) is 25.0 Å². The molecule has 0 N–H and O–H groups in total. The van der Waals surface area contributed by atoms with Gasteiger partial charge in [0.2, 0.25) is 5.78 Å². The zero-order chi connectivity index (χ0) is 17.3. The minimum absolute atomic E-state index is 0.0428. The molecule has 0 bridgehead atoms. The van der Waals surface area contributed by atoms with E-state index >= 15 is 0 Å². The summed E-state index contributed by atoms with van der Waals surface area (Å²) >= 11 is 0. The third-order valence-corrected chi connectivity index (χ3v) is 3.61. The minimum Gasteiger partial charge on any atom is -0.494 e. The number of para-hydroxylation sites is 1. The lowest BCUT2D eigenvalue weighted by Gasteiger charge is -2.05. The van der Waals surface area contributed by atoms with E-state index in [2.05, 4.69) is 15.2 Å². The van der Waals surface area contributed by atoms with Crippen molar-refractivity contribution < 1.29 is 13.9 Å². The summed E-state index contributed by atoms with van der Waals surface area (Å²) in [4.78, 5) is 16.2. The van der Waals surface area contributed by atoms with Crippen LogP contribution in [-0.2, 0) is 0 Å². The largest absolute Gasteiger partial charge is 0.494 e. The van der Waals surface area contributed by atoms with Crippen LogP contribution < -0.4 is 4.74 Å². The molecular weight excluding hydrogens is 318 g/mol. The third kappa shape index (κ3) is 4.97. The van der Waals surface area contributed by atoms with Gasteiger partial charge in [0.15, 0.2) is 0 Å². The van der Waals surface area contributed by atoms with Crippen molar-refractivity contribution in [2.45, 2.75) is 25.7 Å². The van der Waals surface area contributed by atoms with Crippen molar-refractivity contribution in [3.05, 3.63) is 60.6 Å². The average Bonchev–Trinajstić information content (AvgIpc) is 3.16. The van der Waals surface area contributed by atoms with Gasteiger partial charge in [-0.2, -0.15) is 0 Å². The lowest BCUT2D eigenvalue weighted by Crippen LogP contribution is -2.01. The van der Waals surface area contributed by atoms with Gasteiger partial charge in [0.05, 0.1) is 6.61 Å². The number of carbonyl (C=O) groups is 1. The quantitative estimate of drug-likeness (QED) is 0.434. The number of unbranched alkanes of at least 4 members (excludes halogenated alkanes) is 2. The molecule has 25 heavy (non-hydrogen) atoms. The van der Waals surface area contributed by atoms with Gasteiger partial charge in [-0.25, -0.2) is 0 Å². The lowest BCUT2D eigenvalue weighted by molar-refractivity contribution is 0.0945. The Morgan fingerprint density at radius 2 is 1.80 bits per heavy atom. The van der Waals surface area contributed by atoms with Gasteiger partial charge in [-0.05, 0) is 43.5 Å². The SMILES string of the molecule is O=C(CCCCCOc1ccccc1)c1nnc(-c2ccccn2)o1. The summed E-state index contributed by atoms with van der Waals surface area (Å²) in [5, 5.41) is 7.70. The molecule has 128 valence electrons. The Bertz CT molecular complexity index is 788. The van der Waals surface area contributed by atoms with Gasteiger partial charge in [-0.1, -0.05) is 24.3 Å². The lowest BCUT2D eigenvalue weighted by atomic mass is 10.1. The van der Waals surface area contributed by atoms with Crippen LogP contribution in [0.15, 0.2) is 59.1 Å². The summed E-state index contributed by atoms with van der Waals surface area (Å²) in [5.41, 5.74) is 0.562. The molecule has 0 aliphatic rings. The highest BCUT2D eigenvalue weighted by Crippen LogP contribution is 2.16. The van der Waals surface area contributed by atoms with Gasteiger partial charge in [0, 0.05) is 12.6 Å². The fraction of sp³-hybridized carbons (Fsp3) is 0.263. The second-order valence-electron chi connectivity index (χ2n) is 5.52. The van der Waals surface area contributed by atoms with E-state index in [0.29, 0.717) is 18.7 Å². The van der Waals surface area contributed by atoms with Gasteiger partial charge < -0.3 is 9.15 Å². The molecule has 0 saturated heterocycles. The average molecular weight is 337 g/mol. The molecule has 0 aliphatic heterocycles. The van der Waals surface area contributed by atoms with Crippen LogP contribution in [0.3, 0.4) is 0 Å². The predicted molar refractivity (Wildman–Crippen MR) is 92.3 cm³/mol. The Hall–Kier alpha value is -3.02. The van der Waals surface area contributed by atoms with Crippen molar-refractivity contribution in [2.24, 2.45) is 0 Å². The first kappa shape index (κ1) is 16.8. The maximum Gasteiger partial charge on any atom is 0.284 e. The summed E-state index contributed by atoms with van der Waals surface area (Å²) in [6.45, 7) is 0.641. The summed E-state index contributed by atoms with van der Waals surface area (Å²) in [6, 6.07) is 15.1. The van der Waals surface area contributed by atoms with E-state index < -0.39 is 0 Å². The summed E-state index contributed by atoms with van der Waals surface area (Å²) in [5.74, 6) is 1.03. The molecule has 3 aromatic rings. The Morgan fingerprint density at radius 3 is 2.60 bits per heavy atom. The first-order valence-electron chi connectivity index (χ1n) is 8.29. The second kappa shape index (κ2) is 8.73. The predicted octanol–water partition coefficient (Wildman–Crippen LogP) is 3.95. The number of Topliss-reactive ketones (excluding diaryl/α,β-unsaturated/α-hetero) is 1. The minimum atomic E-state index is -0.140. The Balaban J connectivity index is 1.37. The highest BCUT2D eigenvalue weighted by atomic mass is 16.5. The van der Waals surface area contributed by atoms with Crippen molar-refractivity contribution in [2.75, 3.05) is 6.61 Å². The number of nitrogens with zero attached hydrogens (tertiary/aromatic N) is 3. The Labute approximate surface area is 145 Å². The molecule has 2 aromatic heterocycles. The summed E-state index contributed by atoms with van der Waals surface area (Å²) in [7, 11) is 0. The molecule has 6 heteroatoms. The molecule has 0 fully saturated rings. The van der Waals surface area contributed by atoms with Gasteiger partial charge in [0.1, 0.15) is 11.4 Å². The van der Waals surface area contributed by atoms with Crippen molar-refractivity contribution in [3.63, 3.8) is 0 Å². The molecule has 0 amide bonds. The zero-order valence-electron chi connectivity index (χ0n) is 13.8. The third-order valence-electron chi connectivity index (χ3n) is 3.61. The number of benzene rings is 1.